The molecule has 0 saturated heterocycles. The van der Waals surface area contributed by atoms with Crippen molar-refractivity contribution in [3.8, 4) is 0 Å². The predicted molar refractivity (Wildman–Crippen MR) is 71.3 cm³/mol. The van der Waals surface area contributed by atoms with Crippen LogP contribution in [0, 0.1) is 5.41 Å². The van der Waals surface area contributed by atoms with Gasteiger partial charge in [-0.2, -0.15) is 0 Å². The number of aromatic nitrogens is 1. The molecule has 0 aliphatic heterocycles. The van der Waals surface area contributed by atoms with Crippen LogP contribution < -0.4 is 11.1 Å². The van der Waals surface area contributed by atoms with Crippen LogP contribution in [0.15, 0.2) is 18.3 Å². The fourth-order valence-electron chi connectivity index (χ4n) is 1.65. The summed E-state index contributed by atoms with van der Waals surface area (Å²) in [6, 6.07) is 3.46. The summed E-state index contributed by atoms with van der Waals surface area (Å²) < 4.78 is 0. The lowest BCUT2D eigenvalue weighted by Crippen LogP contribution is -2.35. The average molecular weight is 251 g/mol. The molecular formula is C13H21N3O2. The van der Waals surface area contributed by atoms with Crippen LogP contribution in [0.1, 0.15) is 37.6 Å². The summed E-state index contributed by atoms with van der Waals surface area (Å²) in [7, 11) is 0. The lowest BCUT2D eigenvalue weighted by molar-refractivity contribution is 0.1000. The highest BCUT2D eigenvalue weighted by Gasteiger charge is 2.24. The molecule has 5 nitrogen and oxygen atoms in total. The van der Waals surface area contributed by atoms with Crippen molar-refractivity contribution in [2.45, 2.75) is 33.2 Å². The first-order valence-corrected chi connectivity index (χ1v) is 5.98. The van der Waals surface area contributed by atoms with Gasteiger partial charge in [0, 0.05) is 18.8 Å². The number of anilines is 1. The molecule has 0 aromatic carbocycles. The quantitative estimate of drug-likeness (QED) is 0.738. The summed E-state index contributed by atoms with van der Waals surface area (Å²) in [6.07, 6.45) is 2.09. The van der Waals surface area contributed by atoms with Crippen molar-refractivity contribution in [1.29, 1.82) is 0 Å². The lowest BCUT2D eigenvalue weighted by atomic mass is 9.85. The van der Waals surface area contributed by atoms with Crippen LogP contribution in [0.2, 0.25) is 0 Å². The maximum Gasteiger partial charge on any atom is 0.250 e. The highest BCUT2D eigenvalue weighted by atomic mass is 16.3. The number of nitrogens with zero attached hydrogens (tertiary/aromatic N) is 1. The molecule has 1 atom stereocenters. The van der Waals surface area contributed by atoms with E-state index in [1.165, 1.54) is 6.20 Å². The number of aliphatic hydroxyl groups excluding tert-OH is 1. The maximum absolute atomic E-state index is 10.9. The van der Waals surface area contributed by atoms with Gasteiger partial charge >= 0.3 is 0 Å². The van der Waals surface area contributed by atoms with Gasteiger partial charge in [-0.25, -0.2) is 4.98 Å². The molecule has 1 rings (SSSR count). The molecule has 0 aliphatic carbocycles. The molecule has 4 N–H and O–H groups in total. The fourth-order valence-corrected chi connectivity index (χ4v) is 1.65. The Kier molecular flexibility index (Phi) is 4.67. The number of nitrogens with two attached hydrogens (primary N) is 1. The molecule has 0 aliphatic rings. The molecule has 0 bridgehead atoms. The van der Waals surface area contributed by atoms with E-state index in [1.807, 2.05) is 0 Å². The molecule has 1 heterocycles. The van der Waals surface area contributed by atoms with Gasteiger partial charge in [-0.1, -0.05) is 20.8 Å². The van der Waals surface area contributed by atoms with E-state index in [1.54, 1.807) is 12.1 Å². The summed E-state index contributed by atoms with van der Waals surface area (Å²) in [5.74, 6) is 0.185. The third-order valence-corrected chi connectivity index (χ3v) is 2.83. The second kappa shape index (κ2) is 5.82. The minimum atomic E-state index is -0.489. The van der Waals surface area contributed by atoms with Crippen molar-refractivity contribution in [2.24, 2.45) is 11.1 Å². The number of pyridine rings is 1. The maximum atomic E-state index is 10.9. The fraction of sp³-hybridized carbons (Fsp3) is 0.538. The zero-order chi connectivity index (χ0) is 13.8. The summed E-state index contributed by atoms with van der Waals surface area (Å²) in [5.41, 5.74) is 5.54. The van der Waals surface area contributed by atoms with Gasteiger partial charge in [-0.3, -0.25) is 4.79 Å². The number of aliphatic hydroxyl groups is 1. The molecule has 5 heteroatoms. The van der Waals surface area contributed by atoms with Crippen LogP contribution in [-0.4, -0.2) is 28.6 Å². The number of hydrogen-bond acceptors (Lipinski definition) is 4. The summed E-state index contributed by atoms with van der Waals surface area (Å²) >= 11 is 0. The Morgan fingerprint density at radius 1 is 1.50 bits per heavy atom. The number of carbonyl (C=O) groups is 1. The average Bonchev–Trinajstić information content (AvgIpc) is 2.28. The summed E-state index contributed by atoms with van der Waals surface area (Å²) in [6.45, 7) is 6.41. The van der Waals surface area contributed by atoms with Crippen molar-refractivity contribution in [3.63, 3.8) is 0 Å². The normalized spacial score (nSPS) is 13.1. The highest BCUT2D eigenvalue weighted by molar-refractivity contribution is 5.92. The number of nitrogens with one attached hydrogen (secondary N) is 1. The van der Waals surface area contributed by atoms with Gasteiger partial charge in [0.25, 0.3) is 0 Å². The van der Waals surface area contributed by atoms with Gasteiger partial charge in [0.1, 0.15) is 5.82 Å². The second-order valence-corrected chi connectivity index (χ2v) is 5.37. The van der Waals surface area contributed by atoms with Crippen LogP contribution in [0.3, 0.4) is 0 Å². The topological polar surface area (TPSA) is 88.2 Å². The number of rotatable bonds is 5. The van der Waals surface area contributed by atoms with E-state index >= 15 is 0 Å². The van der Waals surface area contributed by atoms with Crippen LogP contribution >= 0.6 is 0 Å². The van der Waals surface area contributed by atoms with E-state index in [0.717, 1.165) is 0 Å². The molecular weight excluding hydrogens is 230 g/mol. The van der Waals surface area contributed by atoms with Crippen LogP contribution in [0.5, 0.6) is 0 Å². The lowest BCUT2D eigenvalue weighted by Gasteiger charge is -2.31. The largest absolute Gasteiger partial charge is 0.396 e. The Bertz CT molecular complexity index is 396. The smallest absolute Gasteiger partial charge is 0.250 e. The van der Waals surface area contributed by atoms with E-state index in [9.17, 15) is 4.79 Å². The predicted octanol–water partition coefficient (Wildman–Crippen LogP) is 1.39. The zero-order valence-electron chi connectivity index (χ0n) is 11.1. The van der Waals surface area contributed by atoms with Gasteiger partial charge in [-0.05, 0) is 24.0 Å². The van der Waals surface area contributed by atoms with Crippen LogP contribution in [0.4, 0.5) is 5.82 Å². The van der Waals surface area contributed by atoms with Gasteiger partial charge < -0.3 is 16.2 Å². The SMILES string of the molecule is CC(C)(C)C(CCO)Nc1ccc(C(N)=O)cn1. The molecule has 1 unspecified atom stereocenters. The molecule has 1 aromatic rings. The van der Waals surface area contributed by atoms with Crippen molar-refractivity contribution in [3.05, 3.63) is 23.9 Å². The van der Waals surface area contributed by atoms with Crippen molar-refractivity contribution in [1.82, 2.24) is 4.98 Å². The Morgan fingerprint density at radius 3 is 2.56 bits per heavy atom. The first kappa shape index (κ1) is 14.4. The first-order chi connectivity index (χ1) is 8.34. The molecule has 100 valence electrons. The van der Waals surface area contributed by atoms with Gasteiger partial charge in [0.05, 0.1) is 5.56 Å². The number of amides is 1. The van der Waals surface area contributed by atoms with Crippen LogP contribution in [-0.2, 0) is 0 Å². The van der Waals surface area contributed by atoms with E-state index in [4.69, 9.17) is 10.8 Å². The van der Waals surface area contributed by atoms with Gasteiger partial charge in [0.2, 0.25) is 5.91 Å². The zero-order valence-corrected chi connectivity index (χ0v) is 11.1. The van der Waals surface area contributed by atoms with E-state index < -0.39 is 5.91 Å². The summed E-state index contributed by atoms with van der Waals surface area (Å²) in [4.78, 5) is 15.1. The number of primary amides is 1. The number of hydrogen-bond donors (Lipinski definition) is 3. The molecule has 18 heavy (non-hydrogen) atoms. The Labute approximate surface area is 107 Å². The van der Waals surface area contributed by atoms with E-state index in [-0.39, 0.29) is 18.1 Å². The van der Waals surface area contributed by atoms with Gasteiger partial charge in [0.15, 0.2) is 0 Å². The third-order valence-electron chi connectivity index (χ3n) is 2.83. The van der Waals surface area contributed by atoms with Crippen molar-refractivity contribution < 1.29 is 9.90 Å². The molecule has 0 spiro atoms. The second-order valence-electron chi connectivity index (χ2n) is 5.37. The molecule has 1 aromatic heterocycles. The minimum absolute atomic E-state index is 0.00671. The minimum Gasteiger partial charge on any atom is -0.396 e. The summed E-state index contributed by atoms with van der Waals surface area (Å²) in [5, 5.41) is 12.3. The van der Waals surface area contributed by atoms with Crippen molar-refractivity contribution >= 4 is 11.7 Å². The molecule has 1 amide bonds. The molecule has 0 fully saturated rings. The number of carbonyl (C=O) groups excluding carboxylic acids is 1. The monoisotopic (exact) mass is 251 g/mol. The first-order valence-electron chi connectivity index (χ1n) is 5.98. The van der Waals surface area contributed by atoms with E-state index in [0.29, 0.717) is 17.8 Å². The highest BCUT2D eigenvalue weighted by Crippen LogP contribution is 2.24. The third kappa shape index (κ3) is 4.00. The van der Waals surface area contributed by atoms with Crippen LogP contribution in [0.25, 0.3) is 0 Å². The van der Waals surface area contributed by atoms with Crippen molar-refractivity contribution in [2.75, 3.05) is 11.9 Å². The molecule has 0 radical (unpaired) electrons. The Hall–Kier alpha value is -1.62. The Balaban J connectivity index is 2.78. The van der Waals surface area contributed by atoms with Gasteiger partial charge in [-0.15, -0.1) is 0 Å². The molecule has 0 saturated carbocycles. The Morgan fingerprint density at radius 2 is 2.17 bits per heavy atom. The standard InChI is InChI=1S/C13H21N3O2/c1-13(2,3)10(6-7-17)16-11-5-4-9(8-15-11)12(14)18/h4-5,8,10,17H,6-7H2,1-3H3,(H2,14,18)(H,15,16). The van der Waals surface area contributed by atoms with E-state index in [2.05, 4.69) is 31.1 Å².